The van der Waals surface area contributed by atoms with Crippen LogP contribution < -0.4 is 5.32 Å². The minimum Gasteiger partial charge on any atom is -0.440 e. The fourth-order valence-corrected chi connectivity index (χ4v) is 2.35. The number of carbonyl (C=O) groups is 1. The molecule has 0 aliphatic rings. The lowest BCUT2D eigenvalue weighted by atomic mass is 10.3. The van der Waals surface area contributed by atoms with E-state index in [1.165, 1.54) is 23.5 Å². The van der Waals surface area contributed by atoms with Crippen molar-refractivity contribution < 1.29 is 14.3 Å². The normalized spacial score (nSPS) is 9.90. The van der Waals surface area contributed by atoms with E-state index >= 15 is 0 Å². The van der Waals surface area contributed by atoms with E-state index in [0.29, 0.717) is 13.0 Å². The highest BCUT2D eigenvalue weighted by atomic mass is 35.5. The Morgan fingerprint density at radius 1 is 1.50 bits per heavy atom. The first kappa shape index (κ1) is 14.7. The van der Waals surface area contributed by atoms with Gasteiger partial charge in [-0.05, 0) is 29.8 Å². The summed E-state index contributed by atoms with van der Waals surface area (Å²) >= 11 is 7.12. The zero-order valence-corrected chi connectivity index (χ0v) is 12.1. The van der Waals surface area contributed by atoms with Crippen molar-refractivity contribution >= 4 is 28.8 Å². The lowest BCUT2D eigenvalue weighted by Crippen LogP contribution is -2.21. The lowest BCUT2D eigenvalue weighted by Gasteiger charge is -1.99. The molecule has 2 heterocycles. The largest absolute Gasteiger partial charge is 0.440 e. The van der Waals surface area contributed by atoms with E-state index < -0.39 is 0 Å². The van der Waals surface area contributed by atoms with Crippen LogP contribution in [0.25, 0.3) is 0 Å². The minimum absolute atomic E-state index is 0.0613. The van der Waals surface area contributed by atoms with Gasteiger partial charge in [0, 0.05) is 22.2 Å². The van der Waals surface area contributed by atoms with Crippen LogP contribution in [0.4, 0.5) is 0 Å². The summed E-state index contributed by atoms with van der Waals surface area (Å²) in [6, 6.07) is 4.96. The van der Waals surface area contributed by atoms with E-state index in [-0.39, 0.29) is 23.5 Å². The van der Waals surface area contributed by atoms with Gasteiger partial charge in [0.2, 0.25) is 0 Å². The second kappa shape index (κ2) is 7.15. The quantitative estimate of drug-likeness (QED) is 0.854. The Labute approximate surface area is 125 Å². The molecule has 0 atom stereocenters. The van der Waals surface area contributed by atoms with E-state index in [2.05, 4.69) is 17.2 Å². The Balaban J connectivity index is 1.88. The highest BCUT2D eigenvalue weighted by Gasteiger charge is 2.10. The van der Waals surface area contributed by atoms with Crippen molar-refractivity contribution in [1.29, 1.82) is 0 Å². The van der Waals surface area contributed by atoms with Gasteiger partial charge in [0.25, 0.3) is 5.91 Å². The third kappa shape index (κ3) is 4.14. The number of aliphatic hydroxyl groups excluding tert-OH is 1. The molecule has 1 amide bonds. The molecular weight excluding hydrogens is 298 g/mol. The zero-order chi connectivity index (χ0) is 14.4. The van der Waals surface area contributed by atoms with Gasteiger partial charge in [-0.3, -0.25) is 4.79 Å². The van der Waals surface area contributed by atoms with Crippen molar-refractivity contribution in [3.8, 4) is 11.8 Å². The Morgan fingerprint density at radius 3 is 3.05 bits per heavy atom. The molecule has 20 heavy (non-hydrogen) atoms. The standard InChI is InChI=1S/C14H12ClNO3S/c15-13-5-4-12(19-13)14(18)16-8-11-7-10(9-20-11)3-1-2-6-17/h4-5,7,9,17H,2,6,8H2,(H,16,18). The average Bonchev–Trinajstić information content (AvgIpc) is 3.05. The van der Waals surface area contributed by atoms with Gasteiger partial charge in [0.1, 0.15) is 0 Å². The molecule has 2 N–H and O–H groups in total. The van der Waals surface area contributed by atoms with Crippen molar-refractivity contribution in [3.63, 3.8) is 0 Å². The number of carbonyl (C=O) groups excluding carboxylic acids is 1. The second-order valence-electron chi connectivity index (χ2n) is 3.86. The molecule has 104 valence electrons. The molecule has 0 saturated heterocycles. The van der Waals surface area contributed by atoms with Gasteiger partial charge >= 0.3 is 0 Å². The summed E-state index contributed by atoms with van der Waals surface area (Å²) in [6.07, 6.45) is 0.459. The number of rotatable bonds is 4. The van der Waals surface area contributed by atoms with Crippen molar-refractivity contribution in [2.24, 2.45) is 0 Å². The Bertz CT molecular complexity index is 651. The molecule has 0 aliphatic carbocycles. The van der Waals surface area contributed by atoms with Gasteiger partial charge in [-0.25, -0.2) is 0 Å². The molecule has 0 aliphatic heterocycles. The fraction of sp³-hybridized carbons (Fsp3) is 0.214. The monoisotopic (exact) mass is 309 g/mol. The first-order valence-corrected chi connectivity index (χ1v) is 7.15. The van der Waals surface area contributed by atoms with Crippen LogP contribution in [0.2, 0.25) is 5.22 Å². The summed E-state index contributed by atoms with van der Waals surface area (Å²) in [5.41, 5.74) is 0.883. The van der Waals surface area contributed by atoms with E-state index in [4.69, 9.17) is 21.1 Å². The number of nitrogens with one attached hydrogen (secondary N) is 1. The van der Waals surface area contributed by atoms with Crippen LogP contribution in [0.5, 0.6) is 0 Å². The summed E-state index contributed by atoms with van der Waals surface area (Å²) in [5, 5.41) is 13.5. The zero-order valence-electron chi connectivity index (χ0n) is 10.5. The maximum absolute atomic E-state index is 11.7. The highest BCUT2D eigenvalue weighted by molar-refractivity contribution is 7.10. The van der Waals surface area contributed by atoms with Crippen LogP contribution in [-0.2, 0) is 6.54 Å². The molecule has 0 bridgehead atoms. The van der Waals surface area contributed by atoms with E-state index in [1.54, 1.807) is 0 Å². The predicted molar refractivity (Wildman–Crippen MR) is 77.8 cm³/mol. The van der Waals surface area contributed by atoms with E-state index in [9.17, 15) is 4.79 Å². The fourth-order valence-electron chi connectivity index (χ4n) is 1.45. The molecule has 2 rings (SSSR count). The van der Waals surface area contributed by atoms with Gasteiger partial charge in [-0.15, -0.1) is 11.3 Å². The summed E-state index contributed by atoms with van der Waals surface area (Å²) in [7, 11) is 0. The van der Waals surface area contributed by atoms with Gasteiger partial charge < -0.3 is 14.8 Å². The van der Waals surface area contributed by atoms with Gasteiger partial charge in [-0.2, -0.15) is 0 Å². The number of halogens is 1. The third-order valence-corrected chi connectivity index (χ3v) is 3.48. The molecule has 4 nitrogen and oxygen atoms in total. The number of aliphatic hydroxyl groups is 1. The molecule has 6 heteroatoms. The molecule has 2 aromatic heterocycles. The molecule has 0 radical (unpaired) electrons. The summed E-state index contributed by atoms with van der Waals surface area (Å²) < 4.78 is 5.02. The minimum atomic E-state index is -0.307. The van der Waals surface area contributed by atoms with Crippen molar-refractivity contribution in [1.82, 2.24) is 5.32 Å². The number of thiophene rings is 1. The molecule has 2 aromatic rings. The Hall–Kier alpha value is -1.74. The third-order valence-electron chi connectivity index (χ3n) is 2.34. The molecule has 0 fully saturated rings. The summed E-state index contributed by atoms with van der Waals surface area (Å²) in [5.74, 6) is 5.67. The smallest absolute Gasteiger partial charge is 0.287 e. The maximum atomic E-state index is 11.7. The molecule has 0 unspecified atom stereocenters. The first-order chi connectivity index (χ1) is 9.69. The van der Waals surface area contributed by atoms with E-state index in [0.717, 1.165) is 10.4 Å². The number of hydrogen-bond acceptors (Lipinski definition) is 4. The number of hydrogen-bond donors (Lipinski definition) is 2. The van der Waals surface area contributed by atoms with Crippen LogP contribution >= 0.6 is 22.9 Å². The summed E-state index contributed by atoms with van der Waals surface area (Å²) in [6.45, 7) is 0.468. The molecule has 0 aromatic carbocycles. The highest BCUT2D eigenvalue weighted by Crippen LogP contribution is 2.15. The van der Waals surface area contributed by atoms with Crippen molar-refractivity contribution in [2.75, 3.05) is 6.61 Å². The SMILES string of the molecule is O=C(NCc1cc(C#CCCO)cs1)c1ccc(Cl)o1. The topological polar surface area (TPSA) is 62.5 Å². The summed E-state index contributed by atoms with van der Waals surface area (Å²) in [4.78, 5) is 12.7. The molecule has 0 spiro atoms. The van der Waals surface area contributed by atoms with Gasteiger partial charge in [-0.1, -0.05) is 11.8 Å². The Kier molecular flexibility index (Phi) is 5.24. The van der Waals surface area contributed by atoms with Gasteiger partial charge in [0.15, 0.2) is 11.0 Å². The predicted octanol–water partition coefficient (Wildman–Crippen LogP) is 2.66. The van der Waals surface area contributed by atoms with Gasteiger partial charge in [0.05, 0.1) is 13.2 Å². The average molecular weight is 310 g/mol. The van der Waals surface area contributed by atoms with Crippen LogP contribution in [0.1, 0.15) is 27.4 Å². The number of furan rings is 1. The lowest BCUT2D eigenvalue weighted by molar-refractivity contribution is 0.0923. The van der Waals surface area contributed by atoms with E-state index in [1.807, 2.05) is 11.4 Å². The second-order valence-corrected chi connectivity index (χ2v) is 5.23. The van der Waals surface area contributed by atoms with Crippen molar-refractivity contribution in [3.05, 3.63) is 45.0 Å². The number of amides is 1. The Morgan fingerprint density at radius 2 is 2.35 bits per heavy atom. The van der Waals surface area contributed by atoms with Crippen LogP contribution in [0.15, 0.2) is 28.0 Å². The molecular formula is C14H12ClNO3S. The van der Waals surface area contributed by atoms with Crippen molar-refractivity contribution in [2.45, 2.75) is 13.0 Å². The van der Waals surface area contributed by atoms with Crippen LogP contribution in [0.3, 0.4) is 0 Å². The van der Waals surface area contributed by atoms with Crippen LogP contribution in [-0.4, -0.2) is 17.6 Å². The molecule has 0 saturated carbocycles. The van der Waals surface area contributed by atoms with Crippen LogP contribution in [0, 0.1) is 11.8 Å². The first-order valence-electron chi connectivity index (χ1n) is 5.89. The maximum Gasteiger partial charge on any atom is 0.287 e.